The smallest absolute Gasteiger partial charge is 0.235 e. The van der Waals surface area contributed by atoms with E-state index in [1.807, 2.05) is 61.5 Å². The summed E-state index contributed by atoms with van der Waals surface area (Å²) in [6, 6.07) is 16.6. The fraction of sp³-hybridized carbons (Fsp3) is 0.278. The Morgan fingerprint density at radius 1 is 1.12 bits per heavy atom. The summed E-state index contributed by atoms with van der Waals surface area (Å²) in [7, 11) is -3.50. The molecular weight excluding hydrogens is 404 g/mol. The number of amides is 1. The van der Waals surface area contributed by atoms with Crippen molar-refractivity contribution in [2.75, 3.05) is 12.8 Å². The first-order chi connectivity index (χ1) is 11.8. The van der Waals surface area contributed by atoms with Gasteiger partial charge in [-0.3, -0.25) is 4.79 Å². The van der Waals surface area contributed by atoms with Crippen molar-refractivity contribution in [3.05, 3.63) is 70.2 Å². The maximum absolute atomic E-state index is 12.3. The van der Waals surface area contributed by atoms with E-state index >= 15 is 0 Å². The van der Waals surface area contributed by atoms with Crippen LogP contribution in [0, 0.1) is 0 Å². The van der Waals surface area contributed by atoms with E-state index in [9.17, 15) is 13.2 Å². The first-order valence-electron chi connectivity index (χ1n) is 7.79. The third-order valence-corrected chi connectivity index (χ3v) is 5.46. The van der Waals surface area contributed by atoms with Gasteiger partial charge in [-0.15, -0.1) is 0 Å². The van der Waals surface area contributed by atoms with Gasteiger partial charge < -0.3 is 5.32 Å². The van der Waals surface area contributed by atoms with E-state index in [2.05, 4.69) is 21.2 Å². The molecule has 134 valence electrons. The second-order valence-corrected chi connectivity index (χ2v) is 8.76. The molecule has 0 aliphatic carbocycles. The SMILES string of the molecule is C[C@@H](NC(=O)CN(Cc1ccccc1)S(C)(=O)=O)c1ccc(Br)cc1. The lowest BCUT2D eigenvalue weighted by atomic mass is 10.1. The van der Waals surface area contributed by atoms with Crippen molar-refractivity contribution in [2.45, 2.75) is 19.5 Å². The molecule has 1 amide bonds. The molecule has 0 heterocycles. The molecule has 1 N–H and O–H groups in total. The number of hydrogen-bond acceptors (Lipinski definition) is 3. The third kappa shape index (κ3) is 6.26. The summed E-state index contributed by atoms with van der Waals surface area (Å²) >= 11 is 3.37. The van der Waals surface area contributed by atoms with E-state index in [1.54, 1.807) is 0 Å². The summed E-state index contributed by atoms with van der Waals surface area (Å²) in [4.78, 5) is 12.3. The van der Waals surface area contributed by atoms with Gasteiger partial charge in [0, 0.05) is 11.0 Å². The normalized spacial score (nSPS) is 12.8. The zero-order valence-corrected chi connectivity index (χ0v) is 16.5. The summed E-state index contributed by atoms with van der Waals surface area (Å²) in [6.45, 7) is 1.82. The van der Waals surface area contributed by atoms with E-state index in [1.165, 1.54) is 4.31 Å². The van der Waals surface area contributed by atoms with Gasteiger partial charge in [0.1, 0.15) is 0 Å². The van der Waals surface area contributed by atoms with Crippen LogP contribution in [0.2, 0.25) is 0 Å². The van der Waals surface area contributed by atoms with Gasteiger partial charge in [0.2, 0.25) is 15.9 Å². The average molecular weight is 425 g/mol. The topological polar surface area (TPSA) is 66.5 Å². The molecule has 25 heavy (non-hydrogen) atoms. The molecule has 2 aromatic carbocycles. The largest absolute Gasteiger partial charge is 0.348 e. The Morgan fingerprint density at radius 3 is 2.28 bits per heavy atom. The Labute approximate surface area is 157 Å². The van der Waals surface area contributed by atoms with E-state index in [4.69, 9.17) is 0 Å². The Bertz CT molecular complexity index is 808. The molecule has 0 aromatic heterocycles. The van der Waals surface area contributed by atoms with Gasteiger partial charge in [-0.05, 0) is 30.2 Å². The number of rotatable bonds is 7. The maximum Gasteiger partial charge on any atom is 0.235 e. The van der Waals surface area contributed by atoms with Crippen molar-refractivity contribution in [3.63, 3.8) is 0 Å². The lowest BCUT2D eigenvalue weighted by Gasteiger charge is -2.21. The molecule has 2 rings (SSSR count). The molecule has 0 radical (unpaired) electrons. The summed E-state index contributed by atoms with van der Waals surface area (Å²) in [6.07, 6.45) is 1.11. The molecule has 0 aliphatic rings. The number of carbonyl (C=O) groups is 1. The zero-order valence-electron chi connectivity index (χ0n) is 14.1. The highest BCUT2D eigenvalue weighted by Crippen LogP contribution is 2.16. The lowest BCUT2D eigenvalue weighted by Crippen LogP contribution is -2.40. The summed E-state index contributed by atoms with van der Waals surface area (Å²) in [5.41, 5.74) is 1.78. The summed E-state index contributed by atoms with van der Waals surface area (Å²) < 4.78 is 26.1. The molecule has 0 spiro atoms. The number of halogens is 1. The fourth-order valence-electron chi connectivity index (χ4n) is 2.36. The van der Waals surface area contributed by atoms with Gasteiger partial charge in [-0.25, -0.2) is 8.42 Å². The van der Waals surface area contributed by atoms with Crippen LogP contribution in [-0.4, -0.2) is 31.4 Å². The molecular formula is C18H21BrN2O3S. The minimum Gasteiger partial charge on any atom is -0.348 e. The van der Waals surface area contributed by atoms with Crippen molar-refractivity contribution in [3.8, 4) is 0 Å². The van der Waals surface area contributed by atoms with Crippen molar-refractivity contribution < 1.29 is 13.2 Å². The van der Waals surface area contributed by atoms with Crippen molar-refractivity contribution in [2.24, 2.45) is 0 Å². The van der Waals surface area contributed by atoms with E-state index in [0.29, 0.717) is 0 Å². The van der Waals surface area contributed by atoms with Crippen molar-refractivity contribution in [1.29, 1.82) is 0 Å². The Hall–Kier alpha value is -1.70. The number of nitrogens with zero attached hydrogens (tertiary/aromatic N) is 1. The van der Waals surface area contributed by atoms with Gasteiger partial charge in [-0.2, -0.15) is 4.31 Å². The lowest BCUT2D eigenvalue weighted by molar-refractivity contribution is -0.122. The monoisotopic (exact) mass is 424 g/mol. The van der Waals surface area contributed by atoms with Gasteiger partial charge in [0.25, 0.3) is 0 Å². The minimum absolute atomic E-state index is 0.166. The molecule has 5 nitrogen and oxygen atoms in total. The number of sulfonamides is 1. The number of hydrogen-bond donors (Lipinski definition) is 1. The first-order valence-corrected chi connectivity index (χ1v) is 10.4. The summed E-state index contributed by atoms with van der Waals surface area (Å²) in [5, 5.41) is 2.84. The molecule has 0 bridgehead atoms. The Kier molecular flexibility index (Phi) is 6.75. The molecule has 1 atom stereocenters. The van der Waals surface area contributed by atoms with Gasteiger partial charge in [0.05, 0.1) is 18.8 Å². The quantitative estimate of drug-likeness (QED) is 0.742. The van der Waals surface area contributed by atoms with E-state index in [-0.39, 0.29) is 25.0 Å². The number of nitrogens with one attached hydrogen (secondary N) is 1. The average Bonchev–Trinajstić information content (AvgIpc) is 2.55. The van der Waals surface area contributed by atoms with Crippen LogP contribution in [0.4, 0.5) is 0 Å². The second kappa shape index (κ2) is 8.60. The van der Waals surface area contributed by atoms with Gasteiger partial charge in [0.15, 0.2) is 0 Å². The third-order valence-electron chi connectivity index (χ3n) is 3.74. The first kappa shape index (κ1) is 19.6. The Morgan fingerprint density at radius 2 is 1.72 bits per heavy atom. The molecule has 0 aliphatic heterocycles. The molecule has 7 heteroatoms. The molecule has 0 fully saturated rings. The second-order valence-electron chi connectivity index (χ2n) is 5.86. The minimum atomic E-state index is -3.50. The van der Waals surface area contributed by atoms with Crippen molar-refractivity contribution in [1.82, 2.24) is 9.62 Å². The molecule has 0 unspecified atom stereocenters. The van der Waals surface area contributed by atoms with Crippen LogP contribution in [0.3, 0.4) is 0 Å². The fourth-order valence-corrected chi connectivity index (χ4v) is 3.36. The Balaban J connectivity index is 2.03. The molecule has 0 saturated heterocycles. The predicted octanol–water partition coefficient (Wildman–Crippen LogP) is 3.09. The van der Waals surface area contributed by atoms with Crippen LogP contribution < -0.4 is 5.32 Å². The predicted molar refractivity (Wildman–Crippen MR) is 102 cm³/mol. The van der Waals surface area contributed by atoms with Crippen molar-refractivity contribution >= 4 is 31.9 Å². The summed E-state index contributed by atoms with van der Waals surface area (Å²) in [5.74, 6) is -0.336. The van der Waals surface area contributed by atoms with E-state index in [0.717, 1.165) is 21.9 Å². The van der Waals surface area contributed by atoms with Crippen LogP contribution in [0.25, 0.3) is 0 Å². The van der Waals surface area contributed by atoms with E-state index < -0.39 is 10.0 Å². The highest BCUT2D eigenvalue weighted by molar-refractivity contribution is 9.10. The number of carbonyl (C=O) groups excluding carboxylic acids is 1. The highest BCUT2D eigenvalue weighted by Gasteiger charge is 2.21. The highest BCUT2D eigenvalue weighted by atomic mass is 79.9. The maximum atomic E-state index is 12.3. The molecule has 0 saturated carbocycles. The van der Waals surface area contributed by atoms with Crippen LogP contribution in [0.1, 0.15) is 24.1 Å². The van der Waals surface area contributed by atoms with Crippen LogP contribution in [0.15, 0.2) is 59.1 Å². The van der Waals surface area contributed by atoms with Gasteiger partial charge >= 0.3 is 0 Å². The van der Waals surface area contributed by atoms with Crippen LogP contribution >= 0.6 is 15.9 Å². The van der Waals surface area contributed by atoms with Gasteiger partial charge in [-0.1, -0.05) is 58.4 Å². The zero-order chi connectivity index (χ0) is 18.4. The molecule has 2 aromatic rings. The number of benzene rings is 2. The van der Waals surface area contributed by atoms with Crippen LogP contribution in [0.5, 0.6) is 0 Å². The standard InChI is InChI=1S/C18H21BrN2O3S/c1-14(16-8-10-17(19)11-9-16)20-18(22)13-21(25(2,23)24)12-15-6-4-3-5-7-15/h3-11,14H,12-13H2,1-2H3,(H,20,22)/t14-/m1/s1. The van der Waals surface area contributed by atoms with Crippen LogP contribution in [-0.2, 0) is 21.4 Å².